The van der Waals surface area contributed by atoms with Gasteiger partial charge in [-0.25, -0.2) is 4.85 Å². The fourth-order valence-electron chi connectivity index (χ4n) is 3.53. The van der Waals surface area contributed by atoms with Gasteiger partial charge >= 0.3 is 5.97 Å². The minimum Gasteiger partial charge on any atom is -0.480 e. The molecular weight excluding hydrogens is 378 g/mol. The largest absolute Gasteiger partial charge is 0.480 e. The summed E-state index contributed by atoms with van der Waals surface area (Å²) in [7, 11) is 0. The number of thioether (sulfide) groups is 1. The third-order valence-electron chi connectivity index (χ3n) is 5.06. The summed E-state index contributed by atoms with van der Waals surface area (Å²) in [6, 6.07) is 23.9. The van der Waals surface area contributed by atoms with Crippen molar-refractivity contribution in [2.24, 2.45) is 0 Å². The average molecular weight is 397 g/mol. The molecule has 0 saturated heterocycles. The van der Waals surface area contributed by atoms with Crippen molar-refractivity contribution in [2.75, 3.05) is 0 Å². The van der Waals surface area contributed by atoms with Gasteiger partial charge in [0.15, 0.2) is 5.69 Å². The van der Waals surface area contributed by atoms with E-state index in [1.165, 1.54) is 11.8 Å². The summed E-state index contributed by atoms with van der Waals surface area (Å²) in [6.45, 7) is 10.9. The summed E-state index contributed by atoms with van der Waals surface area (Å²) >= 11 is 1.35. The SMILES string of the molecule is [C-]#[N+]c1ccc(-c2c(SC(C)(C)C(=O)O)ccc3ccccc23)c2ccccc12. The number of aliphatic carboxylic acids is 1. The van der Waals surface area contributed by atoms with Crippen LogP contribution in [-0.4, -0.2) is 15.8 Å². The first kappa shape index (κ1) is 19.0. The Labute approximate surface area is 173 Å². The standard InChI is InChI=1S/C25H19NO2S/c1-25(2,24(27)28)29-22-15-12-16-8-4-5-9-17(16)23(22)20-13-14-21(26-3)19-11-7-6-10-18(19)20/h4-15H,1-2H3,(H,27,28). The van der Waals surface area contributed by atoms with Gasteiger partial charge in [0.25, 0.3) is 0 Å². The van der Waals surface area contributed by atoms with Crippen molar-refractivity contribution in [3.63, 3.8) is 0 Å². The minimum atomic E-state index is -0.969. The summed E-state index contributed by atoms with van der Waals surface area (Å²) < 4.78 is -0.969. The molecule has 4 heteroatoms. The zero-order valence-corrected chi connectivity index (χ0v) is 17.0. The van der Waals surface area contributed by atoms with Crippen LogP contribution >= 0.6 is 11.8 Å². The van der Waals surface area contributed by atoms with E-state index in [0.29, 0.717) is 5.69 Å². The molecule has 4 aromatic carbocycles. The summed E-state index contributed by atoms with van der Waals surface area (Å²) in [5.41, 5.74) is 2.63. The van der Waals surface area contributed by atoms with Gasteiger partial charge in [-0.05, 0) is 47.0 Å². The van der Waals surface area contributed by atoms with Crippen LogP contribution in [0.5, 0.6) is 0 Å². The number of nitrogens with zero attached hydrogens (tertiary/aromatic N) is 1. The molecule has 3 nitrogen and oxygen atoms in total. The van der Waals surface area contributed by atoms with Crippen molar-refractivity contribution in [1.82, 2.24) is 0 Å². The van der Waals surface area contributed by atoms with E-state index in [-0.39, 0.29) is 0 Å². The highest BCUT2D eigenvalue weighted by Gasteiger charge is 2.30. The van der Waals surface area contributed by atoms with Gasteiger partial charge in [0.2, 0.25) is 0 Å². The highest BCUT2D eigenvalue weighted by atomic mass is 32.2. The maximum Gasteiger partial charge on any atom is 0.319 e. The molecule has 1 N–H and O–H groups in total. The number of benzene rings is 4. The zero-order valence-electron chi connectivity index (χ0n) is 16.1. The van der Waals surface area contributed by atoms with Crippen LogP contribution in [0.3, 0.4) is 0 Å². The maximum atomic E-state index is 11.8. The molecule has 0 amide bonds. The Kier molecular flexibility index (Phi) is 4.77. The van der Waals surface area contributed by atoms with Gasteiger partial charge < -0.3 is 5.11 Å². The molecule has 0 heterocycles. The Morgan fingerprint density at radius 3 is 2.24 bits per heavy atom. The number of carboxylic acids is 1. The molecule has 0 bridgehead atoms. The first-order valence-corrected chi connectivity index (χ1v) is 10.1. The van der Waals surface area contributed by atoms with Gasteiger partial charge in [-0.3, -0.25) is 4.79 Å². The molecular formula is C25H19NO2S. The van der Waals surface area contributed by atoms with Gasteiger partial charge in [0.1, 0.15) is 4.75 Å². The fraction of sp³-hybridized carbons (Fsp3) is 0.120. The van der Waals surface area contributed by atoms with E-state index in [0.717, 1.165) is 37.6 Å². The van der Waals surface area contributed by atoms with E-state index < -0.39 is 10.7 Å². The predicted molar refractivity (Wildman–Crippen MR) is 121 cm³/mol. The number of fused-ring (bicyclic) bond motifs is 2. The molecule has 142 valence electrons. The van der Waals surface area contributed by atoms with E-state index in [1.807, 2.05) is 60.7 Å². The number of carbonyl (C=O) groups is 1. The first-order valence-electron chi connectivity index (χ1n) is 9.26. The van der Waals surface area contributed by atoms with Gasteiger partial charge in [0.05, 0.1) is 6.57 Å². The van der Waals surface area contributed by atoms with Gasteiger partial charge in [0, 0.05) is 10.5 Å². The lowest BCUT2D eigenvalue weighted by Gasteiger charge is -2.22. The summed E-state index contributed by atoms with van der Waals surface area (Å²) in [5, 5.41) is 13.7. The van der Waals surface area contributed by atoms with E-state index in [4.69, 9.17) is 6.57 Å². The monoisotopic (exact) mass is 397 g/mol. The Morgan fingerprint density at radius 1 is 0.897 bits per heavy atom. The number of hydrogen-bond donors (Lipinski definition) is 1. The molecule has 29 heavy (non-hydrogen) atoms. The van der Waals surface area contributed by atoms with Gasteiger partial charge in [-0.1, -0.05) is 66.7 Å². The molecule has 4 aromatic rings. The van der Waals surface area contributed by atoms with E-state index in [9.17, 15) is 9.90 Å². The van der Waals surface area contributed by atoms with Crippen molar-refractivity contribution >= 4 is 45.0 Å². The Hall–Kier alpha value is -3.29. The molecule has 0 atom stereocenters. The maximum absolute atomic E-state index is 11.8. The molecule has 0 aliphatic rings. The normalized spacial score (nSPS) is 11.5. The highest BCUT2D eigenvalue weighted by Crippen LogP contribution is 2.45. The van der Waals surface area contributed by atoms with Crippen LogP contribution in [0.4, 0.5) is 5.69 Å². The smallest absolute Gasteiger partial charge is 0.319 e. The van der Waals surface area contributed by atoms with Crippen LogP contribution in [0.25, 0.3) is 37.5 Å². The van der Waals surface area contributed by atoms with Crippen LogP contribution in [-0.2, 0) is 4.79 Å². The van der Waals surface area contributed by atoms with Crippen LogP contribution in [0.15, 0.2) is 77.7 Å². The molecule has 0 aliphatic carbocycles. The second-order valence-corrected chi connectivity index (χ2v) is 9.03. The van der Waals surface area contributed by atoms with Crippen LogP contribution in [0, 0.1) is 6.57 Å². The van der Waals surface area contributed by atoms with E-state index >= 15 is 0 Å². The molecule has 0 aromatic heterocycles. The minimum absolute atomic E-state index is 0.615. The quantitative estimate of drug-likeness (QED) is 0.293. The van der Waals surface area contributed by atoms with Gasteiger partial charge in [-0.15, -0.1) is 11.8 Å². The van der Waals surface area contributed by atoms with Crippen molar-refractivity contribution in [1.29, 1.82) is 0 Å². The molecule has 0 spiro atoms. The zero-order chi connectivity index (χ0) is 20.6. The molecule has 0 unspecified atom stereocenters. The third kappa shape index (κ3) is 3.35. The third-order valence-corrected chi connectivity index (χ3v) is 6.31. The highest BCUT2D eigenvalue weighted by molar-refractivity contribution is 8.01. The topological polar surface area (TPSA) is 41.7 Å². The lowest BCUT2D eigenvalue weighted by atomic mass is 9.93. The number of hydrogen-bond acceptors (Lipinski definition) is 2. The Balaban J connectivity index is 2.08. The van der Waals surface area contributed by atoms with Gasteiger partial charge in [-0.2, -0.15) is 0 Å². The lowest BCUT2D eigenvalue weighted by Crippen LogP contribution is -2.27. The number of carboxylic acid groups (broad SMARTS) is 1. The second-order valence-electron chi connectivity index (χ2n) is 7.37. The van der Waals surface area contributed by atoms with E-state index in [2.05, 4.69) is 17.0 Å². The molecule has 0 radical (unpaired) electrons. The second kappa shape index (κ2) is 7.27. The van der Waals surface area contributed by atoms with Crippen LogP contribution in [0.1, 0.15) is 13.8 Å². The summed E-state index contributed by atoms with van der Waals surface area (Å²) in [4.78, 5) is 16.4. The molecule has 4 rings (SSSR count). The predicted octanol–water partition coefficient (Wildman–Crippen LogP) is 7.17. The van der Waals surface area contributed by atoms with Crippen molar-refractivity contribution in [3.8, 4) is 11.1 Å². The first-order chi connectivity index (χ1) is 13.9. The average Bonchev–Trinajstić information content (AvgIpc) is 2.73. The molecule has 0 fully saturated rings. The summed E-state index contributed by atoms with van der Waals surface area (Å²) in [5.74, 6) is -0.852. The number of rotatable bonds is 4. The fourth-order valence-corrected chi connectivity index (χ4v) is 4.63. The molecule has 0 aliphatic heterocycles. The summed E-state index contributed by atoms with van der Waals surface area (Å²) in [6.07, 6.45) is 0. The lowest BCUT2D eigenvalue weighted by molar-refractivity contribution is -0.138. The van der Waals surface area contributed by atoms with Crippen molar-refractivity contribution in [3.05, 3.63) is 84.2 Å². The van der Waals surface area contributed by atoms with Crippen LogP contribution in [0.2, 0.25) is 0 Å². The Morgan fingerprint density at radius 2 is 1.55 bits per heavy atom. The Bertz CT molecular complexity index is 1300. The van der Waals surface area contributed by atoms with Crippen LogP contribution < -0.4 is 0 Å². The van der Waals surface area contributed by atoms with E-state index in [1.54, 1.807) is 13.8 Å². The van der Waals surface area contributed by atoms with Crippen molar-refractivity contribution < 1.29 is 9.90 Å². The van der Waals surface area contributed by atoms with Crippen molar-refractivity contribution in [2.45, 2.75) is 23.5 Å². The molecule has 0 saturated carbocycles.